The van der Waals surface area contributed by atoms with E-state index in [0.717, 1.165) is 5.75 Å². The maximum absolute atomic E-state index is 11.0. The van der Waals surface area contributed by atoms with Gasteiger partial charge in [0.15, 0.2) is 5.03 Å². The Kier molecular flexibility index (Phi) is 5.27. The third-order valence-electron chi connectivity index (χ3n) is 2.33. The molecule has 0 aliphatic carbocycles. The summed E-state index contributed by atoms with van der Waals surface area (Å²) in [6.07, 6.45) is 0.565. The summed E-state index contributed by atoms with van der Waals surface area (Å²) in [4.78, 5) is 10.7. The van der Waals surface area contributed by atoms with Crippen LogP contribution in [0.25, 0.3) is 0 Å². The highest BCUT2D eigenvalue weighted by Crippen LogP contribution is 2.33. The van der Waals surface area contributed by atoms with Crippen LogP contribution in [0.5, 0.6) is 0 Å². The first-order valence-electron chi connectivity index (χ1n) is 5.40. The van der Waals surface area contributed by atoms with Crippen molar-refractivity contribution in [2.75, 3.05) is 11.6 Å². The lowest BCUT2D eigenvalue weighted by atomic mass is 10.3. The Morgan fingerprint density at radius 2 is 2.29 bits per heavy atom. The molecule has 1 aromatic heterocycles. The Morgan fingerprint density at radius 3 is 2.76 bits per heavy atom. The molecule has 7 heteroatoms. The van der Waals surface area contributed by atoms with Crippen LogP contribution in [0, 0.1) is 16.0 Å². The second-order valence-electron chi connectivity index (χ2n) is 3.91. The summed E-state index contributed by atoms with van der Waals surface area (Å²) < 4.78 is 1.59. The van der Waals surface area contributed by atoms with Gasteiger partial charge in [0.1, 0.15) is 5.69 Å². The zero-order valence-corrected chi connectivity index (χ0v) is 11.7. The second-order valence-corrected chi connectivity index (χ2v) is 5.22. The van der Waals surface area contributed by atoms with Gasteiger partial charge in [0.05, 0.1) is 4.92 Å². The first-order chi connectivity index (χ1) is 8.01. The summed E-state index contributed by atoms with van der Waals surface area (Å²) in [5.41, 5.74) is 0.681. The zero-order valence-electron chi connectivity index (χ0n) is 10.1. The van der Waals surface area contributed by atoms with Crippen molar-refractivity contribution in [2.45, 2.75) is 25.3 Å². The largest absolute Gasteiger partial charge is 0.323 e. The lowest BCUT2D eigenvalue weighted by Gasteiger charge is -2.06. The average Bonchev–Trinajstić information content (AvgIpc) is 2.62. The van der Waals surface area contributed by atoms with E-state index in [2.05, 4.69) is 5.10 Å². The van der Waals surface area contributed by atoms with E-state index in [9.17, 15) is 10.1 Å². The molecule has 0 aromatic carbocycles. The van der Waals surface area contributed by atoms with Gasteiger partial charge in [0.25, 0.3) is 0 Å². The molecule has 0 aliphatic rings. The number of thioether (sulfide) groups is 1. The summed E-state index contributed by atoms with van der Waals surface area (Å²) in [7, 11) is 1.74. The molecule has 0 saturated carbocycles. The second kappa shape index (κ2) is 6.26. The van der Waals surface area contributed by atoms with Crippen LogP contribution < -0.4 is 0 Å². The Balaban J connectivity index is 2.97. The molecule has 1 aromatic rings. The van der Waals surface area contributed by atoms with Crippen LogP contribution in [0.15, 0.2) is 5.03 Å². The zero-order chi connectivity index (χ0) is 13.0. The topological polar surface area (TPSA) is 61.0 Å². The van der Waals surface area contributed by atoms with Crippen molar-refractivity contribution < 1.29 is 4.92 Å². The smallest absolute Gasteiger partial charge is 0.258 e. The lowest BCUT2D eigenvalue weighted by molar-refractivity contribution is -0.388. The van der Waals surface area contributed by atoms with E-state index in [-0.39, 0.29) is 10.6 Å². The van der Waals surface area contributed by atoms with Crippen LogP contribution in [0.2, 0.25) is 0 Å². The molecule has 5 nitrogen and oxygen atoms in total. The minimum atomic E-state index is -0.348. The van der Waals surface area contributed by atoms with Gasteiger partial charge in [-0.25, -0.2) is 0 Å². The minimum absolute atomic E-state index is 0.141. The Morgan fingerprint density at radius 1 is 1.65 bits per heavy atom. The summed E-state index contributed by atoms with van der Waals surface area (Å²) in [5.74, 6) is 1.63. The van der Waals surface area contributed by atoms with Crippen molar-refractivity contribution >= 4 is 29.1 Å². The van der Waals surface area contributed by atoms with E-state index >= 15 is 0 Å². The van der Waals surface area contributed by atoms with Crippen LogP contribution in [0.3, 0.4) is 0 Å². The van der Waals surface area contributed by atoms with Crippen LogP contribution in [0.1, 0.15) is 19.5 Å². The first kappa shape index (κ1) is 14.3. The number of alkyl halides is 1. The van der Waals surface area contributed by atoms with E-state index in [0.29, 0.717) is 28.9 Å². The predicted octanol–water partition coefficient (Wildman–Crippen LogP) is 2.86. The Bertz CT molecular complexity index is 409. The molecule has 0 spiro atoms. The Labute approximate surface area is 110 Å². The number of halogens is 1. The molecule has 0 fully saturated rings. The van der Waals surface area contributed by atoms with E-state index in [1.54, 1.807) is 11.7 Å². The number of hydrogen-bond acceptors (Lipinski definition) is 4. The Hall–Kier alpha value is -0.750. The van der Waals surface area contributed by atoms with Gasteiger partial charge < -0.3 is 0 Å². The number of aromatic nitrogens is 2. The van der Waals surface area contributed by atoms with Crippen molar-refractivity contribution in [3.63, 3.8) is 0 Å². The molecular formula is C10H16ClN3O2S. The van der Waals surface area contributed by atoms with E-state index in [4.69, 9.17) is 11.6 Å². The molecule has 0 aliphatic heterocycles. The highest BCUT2D eigenvalue weighted by molar-refractivity contribution is 7.99. The van der Waals surface area contributed by atoms with Gasteiger partial charge in [-0.05, 0) is 12.3 Å². The minimum Gasteiger partial charge on any atom is -0.258 e. The van der Waals surface area contributed by atoms with Crippen LogP contribution in [0.4, 0.5) is 5.69 Å². The third-order valence-corrected chi connectivity index (χ3v) is 4.32. The van der Waals surface area contributed by atoms with Crippen molar-refractivity contribution in [1.29, 1.82) is 0 Å². The molecule has 17 heavy (non-hydrogen) atoms. The molecule has 1 unspecified atom stereocenters. The van der Waals surface area contributed by atoms with Gasteiger partial charge in [-0.15, -0.1) is 11.6 Å². The number of nitrogens with zero attached hydrogens (tertiary/aromatic N) is 3. The number of rotatable bonds is 6. The normalized spacial score (nSPS) is 12.7. The van der Waals surface area contributed by atoms with Crippen LogP contribution in [-0.4, -0.2) is 26.3 Å². The summed E-state index contributed by atoms with van der Waals surface area (Å²) in [6.45, 7) is 3.88. The molecule has 1 rings (SSSR count). The SMILES string of the molecule is CCc1nn(C)c(SCC(C)CCl)c1[N+](=O)[O-]. The average molecular weight is 278 g/mol. The van der Waals surface area contributed by atoms with Gasteiger partial charge in [0.2, 0.25) is 0 Å². The van der Waals surface area contributed by atoms with Crippen molar-refractivity contribution in [1.82, 2.24) is 9.78 Å². The monoisotopic (exact) mass is 277 g/mol. The predicted molar refractivity (Wildman–Crippen MR) is 69.8 cm³/mol. The molecule has 0 bridgehead atoms. The molecule has 0 amide bonds. The molecule has 0 N–H and O–H groups in total. The lowest BCUT2D eigenvalue weighted by Crippen LogP contribution is -2.02. The molecule has 1 atom stereocenters. The van der Waals surface area contributed by atoms with Crippen molar-refractivity contribution in [2.24, 2.45) is 13.0 Å². The van der Waals surface area contributed by atoms with E-state index in [1.807, 2.05) is 13.8 Å². The number of nitro groups is 1. The maximum atomic E-state index is 11.0. The highest BCUT2D eigenvalue weighted by atomic mass is 35.5. The quantitative estimate of drug-likeness (QED) is 0.347. The maximum Gasteiger partial charge on any atom is 0.323 e. The molecule has 0 saturated heterocycles. The van der Waals surface area contributed by atoms with Crippen molar-refractivity contribution in [3.8, 4) is 0 Å². The van der Waals surface area contributed by atoms with E-state index < -0.39 is 0 Å². The van der Waals surface area contributed by atoms with E-state index in [1.165, 1.54) is 11.8 Å². The number of aryl methyl sites for hydroxylation is 2. The highest BCUT2D eigenvalue weighted by Gasteiger charge is 2.25. The van der Waals surface area contributed by atoms with Crippen molar-refractivity contribution in [3.05, 3.63) is 15.8 Å². The van der Waals surface area contributed by atoms with Gasteiger partial charge >= 0.3 is 5.69 Å². The van der Waals surface area contributed by atoms with Crippen LogP contribution in [-0.2, 0) is 13.5 Å². The summed E-state index contributed by atoms with van der Waals surface area (Å²) in [6, 6.07) is 0. The van der Waals surface area contributed by atoms with Gasteiger partial charge in [-0.1, -0.05) is 25.6 Å². The van der Waals surface area contributed by atoms with Crippen LogP contribution >= 0.6 is 23.4 Å². The van der Waals surface area contributed by atoms with Gasteiger partial charge in [-0.3, -0.25) is 14.8 Å². The van der Waals surface area contributed by atoms with Gasteiger partial charge in [-0.2, -0.15) is 5.10 Å². The standard InChI is InChI=1S/C10H16ClN3O2S/c1-4-8-9(14(15)16)10(13(3)12-8)17-6-7(2)5-11/h7H,4-6H2,1-3H3. The first-order valence-corrected chi connectivity index (χ1v) is 6.92. The molecular weight excluding hydrogens is 262 g/mol. The van der Waals surface area contributed by atoms with Gasteiger partial charge in [0, 0.05) is 18.7 Å². The number of hydrogen-bond donors (Lipinski definition) is 0. The third kappa shape index (κ3) is 3.35. The fourth-order valence-electron chi connectivity index (χ4n) is 1.40. The fraction of sp³-hybridized carbons (Fsp3) is 0.700. The fourth-order valence-corrected chi connectivity index (χ4v) is 2.76. The molecule has 96 valence electrons. The molecule has 0 radical (unpaired) electrons. The summed E-state index contributed by atoms with van der Waals surface area (Å²) >= 11 is 7.17. The summed E-state index contributed by atoms with van der Waals surface area (Å²) in [5, 5.41) is 15.8. The molecule has 1 heterocycles.